The molecule has 54 heavy (non-hydrogen) atoms. The first-order chi connectivity index (χ1) is 29.7. The molecule has 0 aliphatic heterocycles. The number of carbonyl (C=O) groups is 2. The predicted octanol–water partition coefficient (Wildman–Crippen LogP) is 12.4. The fraction of sp³-hybridized carbons (Fsp3) is 0.864. The van der Waals surface area contributed by atoms with Gasteiger partial charge in [-0.2, -0.15) is 0 Å². The molecule has 0 fully saturated rings. The van der Waals surface area contributed by atoms with Gasteiger partial charge >= 0.3 is 19.8 Å². The number of likely N-dealkylation sites (N-methyl/N-ethyl adjacent to an activating group) is 1. The number of phosphoric ester groups is 1. The maximum Gasteiger partial charge on any atom is 0.472 e. The SMILES string of the molecule is [2H]C([2H])([2H])[N+](CCOP(=O)(O)OC[C@@H](COC(=O)CCCCCCC/C=C\CCCCCCCC)OC(=O)CCCCCCC/C=C\CCCCCCCC)(C([2H])([2H])[2H])C([2H])([2H])[2H]. The van der Waals surface area contributed by atoms with E-state index in [1.165, 1.54) is 77.0 Å². The number of ether oxygens (including phenoxy) is 2. The highest BCUT2D eigenvalue weighted by Gasteiger charge is 2.27. The van der Waals surface area contributed by atoms with Gasteiger partial charge in [-0.3, -0.25) is 18.6 Å². The van der Waals surface area contributed by atoms with Gasteiger partial charge in [0.2, 0.25) is 0 Å². The first kappa shape index (κ1) is 38.0. The lowest BCUT2D eigenvalue weighted by atomic mass is 10.1. The van der Waals surface area contributed by atoms with Crippen molar-refractivity contribution in [3.8, 4) is 0 Å². The summed E-state index contributed by atoms with van der Waals surface area (Å²) >= 11 is 0. The number of nitrogens with zero attached hydrogens (tertiary/aromatic N) is 1. The van der Waals surface area contributed by atoms with Crippen molar-refractivity contribution in [2.45, 2.75) is 200 Å². The molecular weight excluding hydrogens is 701 g/mol. The zero-order chi connectivity index (χ0) is 47.5. The Balaban J connectivity index is 4.98. The van der Waals surface area contributed by atoms with Gasteiger partial charge in [0.25, 0.3) is 0 Å². The third-order valence-corrected chi connectivity index (χ3v) is 10.1. The van der Waals surface area contributed by atoms with Crippen LogP contribution in [0.1, 0.15) is 206 Å². The molecule has 0 rings (SSSR count). The smallest absolute Gasteiger partial charge is 0.462 e. The van der Waals surface area contributed by atoms with Gasteiger partial charge in [0.1, 0.15) is 19.8 Å². The lowest BCUT2D eigenvalue weighted by Crippen LogP contribution is -2.37. The number of quaternary nitrogens is 1. The van der Waals surface area contributed by atoms with Crippen molar-refractivity contribution in [2.24, 2.45) is 0 Å². The maximum atomic E-state index is 12.8. The average Bonchev–Trinajstić information content (AvgIpc) is 3.19. The molecule has 0 saturated heterocycles. The van der Waals surface area contributed by atoms with Gasteiger partial charge in [-0.05, 0) is 64.2 Å². The van der Waals surface area contributed by atoms with Crippen molar-refractivity contribution in [3.63, 3.8) is 0 Å². The van der Waals surface area contributed by atoms with Crippen LogP contribution in [0.15, 0.2) is 24.3 Å². The Hall–Kier alpha value is -1.51. The number of hydrogen-bond donors (Lipinski definition) is 1. The lowest BCUT2D eigenvalue weighted by Gasteiger charge is -2.24. The summed E-state index contributed by atoms with van der Waals surface area (Å²) in [6.07, 6.45) is 36.6. The van der Waals surface area contributed by atoms with E-state index in [2.05, 4.69) is 38.2 Å². The number of rotatable bonds is 40. The molecule has 0 aromatic rings. The molecule has 9 nitrogen and oxygen atoms in total. The van der Waals surface area contributed by atoms with Gasteiger partial charge < -0.3 is 18.9 Å². The van der Waals surface area contributed by atoms with Gasteiger partial charge in [-0.15, -0.1) is 0 Å². The Bertz CT molecular complexity index is 1240. The van der Waals surface area contributed by atoms with Gasteiger partial charge in [-0.25, -0.2) is 4.57 Å². The van der Waals surface area contributed by atoms with Crippen molar-refractivity contribution in [2.75, 3.05) is 47.3 Å². The van der Waals surface area contributed by atoms with Gasteiger partial charge in [0, 0.05) is 12.8 Å². The second-order valence-corrected chi connectivity index (χ2v) is 16.0. The minimum Gasteiger partial charge on any atom is -0.462 e. The van der Waals surface area contributed by atoms with Crippen LogP contribution in [0.5, 0.6) is 0 Å². The summed E-state index contributed by atoms with van der Waals surface area (Å²) in [6.45, 7) is -9.80. The molecule has 1 N–H and O–H groups in total. The Kier molecular flexibility index (Phi) is 26.1. The van der Waals surface area contributed by atoms with Crippen molar-refractivity contribution >= 4 is 19.8 Å². The van der Waals surface area contributed by atoms with Crippen LogP contribution in [-0.2, 0) is 32.7 Å². The number of carbonyl (C=O) groups excluding carboxylic acids is 2. The average molecular weight is 796 g/mol. The Morgan fingerprint density at radius 1 is 0.593 bits per heavy atom. The van der Waals surface area contributed by atoms with Gasteiger partial charge in [0.05, 0.1) is 39.9 Å². The second kappa shape index (κ2) is 37.1. The predicted molar refractivity (Wildman–Crippen MR) is 224 cm³/mol. The van der Waals surface area contributed by atoms with Crippen LogP contribution >= 0.6 is 7.82 Å². The van der Waals surface area contributed by atoms with E-state index in [0.717, 1.165) is 77.0 Å². The Morgan fingerprint density at radius 2 is 1.00 bits per heavy atom. The summed E-state index contributed by atoms with van der Waals surface area (Å²) in [5.74, 6) is -1.17. The van der Waals surface area contributed by atoms with E-state index in [4.69, 9.17) is 30.9 Å². The summed E-state index contributed by atoms with van der Waals surface area (Å²) in [7, 11) is -5.08. The van der Waals surface area contributed by atoms with E-state index < -0.39 is 77.6 Å². The minimum atomic E-state index is -5.08. The fourth-order valence-corrected chi connectivity index (χ4v) is 6.55. The van der Waals surface area contributed by atoms with Crippen LogP contribution < -0.4 is 0 Å². The number of unbranched alkanes of at least 4 members (excludes halogenated alkanes) is 22. The number of phosphoric acid groups is 1. The monoisotopic (exact) mass is 796 g/mol. The zero-order valence-corrected chi connectivity index (χ0v) is 35.1. The summed E-state index contributed by atoms with van der Waals surface area (Å²) in [5.41, 5.74) is 0. The largest absolute Gasteiger partial charge is 0.472 e. The first-order valence-electron chi connectivity index (χ1n) is 25.9. The molecule has 0 bridgehead atoms. The molecule has 0 radical (unpaired) electrons. The van der Waals surface area contributed by atoms with Crippen LogP contribution in [0.2, 0.25) is 0 Å². The van der Waals surface area contributed by atoms with Gasteiger partial charge in [-0.1, -0.05) is 141 Å². The molecule has 0 saturated carbocycles. The summed E-state index contributed by atoms with van der Waals surface area (Å²) in [5, 5.41) is 0. The van der Waals surface area contributed by atoms with E-state index in [1.54, 1.807) is 0 Å². The van der Waals surface area contributed by atoms with Crippen LogP contribution in [0.4, 0.5) is 0 Å². The molecule has 2 atom stereocenters. The lowest BCUT2D eigenvalue weighted by molar-refractivity contribution is -0.870. The molecular formula is C44H85NO8P+. The van der Waals surface area contributed by atoms with Crippen molar-refractivity contribution < 1.29 is 54.4 Å². The van der Waals surface area contributed by atoms with Crippen molar-refractivity contribution in [3.05, 3.63) is 24.3 Å². The van der Waals surface area contributed by atoms with Crippen molar-refractivity contribution in [1.29, 1.82) is 0 Å². The van der Waals surface area contributed by atoms with E-state index >= 15 is 0 Å². The third-order valence-electron chi connectivity index (χ3n) is 9.12. The zero-order valence-electron chi connectivity index (χ0n) is 43.2. The number of esters is 2. The highest BCUT2D eigenvalue weighted by atomic mass is 31.2. The topological polar surface area (TPSA) is 108 Å². The van der Waals surface area contributed by atoms with Crippen LogP contribution in [0, 0.1) is 0 Å². The van der Waals surface area contributed by atoms with Crippen LogP contribution in [0.3, 0.4) is 0 Å². The van der Waals surface area contributed by atoms with E-state index in [1.807, 2.05) is 0 Å². The molecule has 0 amide bonds. The van der Waals surface area contributed by atoms with Crippen LogP contribution in [-0.4, -0.2) is 74.7 Å². The van der Waals surface area contributed by atoms with E-state index in [-0.39, 0.29) is 12.8 Å². The highest BCUT2D eigenvalue weighted by Crippen LogP contribution is 2.43. The van der Waals surface area contributed by atoms with E-state index in [9.17, 15) is 19.0 Å². The van der Waals surface area contributed by atoms with Gasteiger partial charge in [0.15, 0.2) is 6.10 Å². The molecule has 10 heteroatoms. The van der Waals surface area contributed by atoms with E-state index in [0.29, 0.717) is 12.8 Å². The molecule has 0 aromatic carbocycles. The highest BCUT2D eigenvalue weighted by molar-refractivity contribution is 7.47. The van der Waals surface area contributed by atoms with Crippen LogP contribution in [0.25, 0.3) is 0 Å². The maximum absolute atomic E-state index is 12.8. The molecule has 0 heterocycles. The number of allylic oxidation sites excluding steroid dienone is 4. The quantitative estimate of drug-likeness (QED) is 0.0215. The third kappa shape index (κ3) is 40.2. The Labute approximate surface area is 345 Å². The summed E-state index contributed by atoms with van der Waals surface area (Å²) < 4.78 is 100. The minimum absolute atomic E-state index is 0.0597. The molecule has 318 valence electrons. The fourth-order valence-electron chi connectivity index (χ4n) is 5.81. The molecule has 0 spiro atoms. The molecule has 0 aliphatic rings. The Morgan fingerprint density at radius 3 is 1.44 bits per heavy atom. The molecule has 1 unspecified atom stereocenters. The summed E-state index contributed by atoms with van der Waals surface area (Å²) in [6, 6.07) is 0. The standard InChI is InChI=1S/C44H84NO8P/c1-6-8-10-12-14-16-18-20-22-24-26-28-30-32-34-36-43(46)50-40-42(41-52-54(48,49)51-39-38-45(3,4)5)53-44(47)37-35-33-31-29-27-25-23-21-19-17-15-13-11-9-7-2/h20-23,42H,6-19,24-41H2,1-5H3/p+1/b22-20-,23-21-/t42-/m1/s1/i3D3,4D3,5D3. The number of hydrogen-bond acceptors (Lipinski definition) is 7. The second-order valence-electron chi connectivity index (χ2n) is 14.6. The molecule has 0 aliphatic carbocycles. The summed E-state index contributed by atoms with van der Waals surface area (Å²) in [4.78, 5) is 35.7. The first-order valence-corrected chi connectivity index (χ1v) is 22.9. The molecule has 0 aromatic heterocycles. The normalized spacial score (nSPS) is 17.0. The van der Waals surface area contributed by atoms with Crippen molar-refractivity contribution in [1.82, 2.24) is 0 Å².